The number of allylic oxidation sites excluding steroid dienone is 2. The molecule has 1 fully saturated rings. The smallest absolute Gasteiger partial charge is 0.312 e. The number of esters is 1. The number of methoxy groups -OCH3 is 1. The number of ether oxygens (including phenoxy) is 4. The number of piperazine rings is 1. The van der Waals surface area contributed by atoms with Crippen LogP contribution in [-0.2, 0) is 28.6 Å². The normalized spacial score (nSPS) is 29.2. The minimum atomic E-state index is -2.11. The average Bonchev–Trinajstić information content (AvgIpc) is 3.58. The van der Waals surface area contributed by atoms with Crippen molar-refractivity contribution in [2.45, 2.75) is 85.6 Å². The van der Waals surface area contributed by atoms with Crippen molar-refractivity contribution in [3.05, 3.63) is 83.2 Å². The first kappa shape index (κ1) is 50.9. The lowest BCUT2D eigenvalue weighted by Crippen LogP contribution is -2.49. The minimum Gasteiger partial charge on any atom is -0.507 e. The number of carbonyl (C=O) groups is 4. The number of para-hydroxylation sites is 1. The van der Waals surface area contributed by atoms with Crippen LogP contribution in [0.3, 0.4) is 0 Å². The molecule has 0 saturated carbocycles. The highest BCUT2D eigenvalue weighted by Gasteiger charge is 2.50. The third kappa shape index (κ3) is 10.5. The predicted molar refractivity (Wildman–Crippen MR) is 255 cm³/mol. The van der Waals surface area contributed by atoms with E-state index in [1.807, 2.05) is 35.2 Å². The number of hydrazone groups is 1. The first-order valence-electron chi connectivity index (χ1n) is 22.6. The number of anilines is 2. The van der Waals surface area contributed by atoms with E-state index >= 15 is 0 Å². The van der Waals surface area contributed by atoms with Gasteiger partial charge in [0.05, 0.1) is 59.5 Å². The van der Waals surface area contributed by atoms with Crippen LogP contribution in [-0.4, -0.2) is 130 Å². The van der Waals surface area contributed by atoms with Gasteiger partial charge in [-0.25, -0.2) is 5.43 Å². The molecule has 0 radical (unpaired) electrons. The Balaban J connectivity index is 1.41. The van der Waals surface area contributed by atoms with Crippen molar-refractivity contribution < 1.29 is 63.7 Å². The summed E-state index contributed by atoms with van der Waals surface area (Å²) in [7, 11) is 1.42. The molecule has 1 saturated heterocycles. The summed E-state index contributed by atoms with van der Waals surface area (Å²) < 4.78 is 23.6. The Hall–Kier alpha value is -6.47. The molecular weight excluding hydrogens is 879 g/mol. The summed E-state index contributed by atoms with van der Waals surface area (Å²) in [5.74, 6) is -9.58. The van der Waals surface area contributed by atoms with Gasteiger partial charge in [-0.2, -0.15) is 5.10 Å². The van der Waals surface area contributed by atoms with E-state index in [1.54, 1.807) is 39.8 Å². The molecular formula is C50H63N5O13. The minimum absolute atomic E-state index is 0.000145. The SMILES string of the molecule is CO[C@H]1/C=C/O[C@@]2(C)Oc3c(C)c(O)c4c(O)c(c(/C=N/NC(=O)CN5CCN(c6ccccc6)CC5)c(O)c4c3C2=O)NC(=O)/C(C)=C\C=C\[C@H](C)[C@H](O)[C@@H](C)[C@@H](O)[C@@H](C)[C@H](OC(C)=O)[C@@H]1C. The Kier molecular flexibility index (Phi) is 15.9. The van der Waals surface area contributed by atoms with Crippen molar-refractivity contribution in [2.75, 3.05) is 50.1 Å². The van der Waals surface area contributed by atoms with Gasteiger partial charge in [0.2, 0.25) is 0 Å². The van der Waals surface area contributed by atoms with Gasteiger partial charge in [0, 0.05) is 93.0 Å². The number of hydrogen-bond acceptors (Lipinski definition) is 16. The van der Waals surface area contributed by atoms with Crippen molar-refractivity contribution in [1.29, 1.82) is 0 Å². The Labute approximate surface area is 395 Å². The van der Waals surface area contributed by atoms with Crippen molar-refractivity contribution in [3.8, 4) is 23.0 Å². The highest BCUT2D eigenvalue weighted by Crippen LogP contribution is 2.55. The molecule has 3 aromatic rings. The lowest BCUT2D eigenvalue weighted by Gasteiger charge is -2.38. The number of carbonyl (C=O) groups excluding carboxylic acids is 4. The number of rotatable bonds is 7. The zero-order chi connectivity index (χ0) is 49.8. The molecule has 0 spiro atoms. The summed E-state index contributed by atoms with van der Waals surface area (Å²) >= 11 is 0. The van der Waals surface area contributed by atoms with Gasteiger partial charge in [-0.05, 0) is 32.1 Å². The zero-order valence-electron chi connectivity index (χ0n) is 39.8. The number of nitrogens with one attached hydrogen (secondary N) is 2. The number of hydrogen-bond donors (Lipinski definition) is 7. The molecule has 3 aromatic carbocycles. The first-order chi connectivity index (χ1) is 32.2. The van der Waals surface area contributed by atoms with Gasteiger partial charge in [0.25, 0.3) is 17.6 Å². The van der Waals surface area contributed by atoms with Crippen LogP contribution in [0.4, 0.5) is 11.4 Å². The molecule has 18 heteroatoms. The summed E-state index contributed by atoms with van der Waals surface area (Å²) in [6, 6.07) is 9.94. The number of amides is 2. The van der Waals surface area contributed by atoms with E-state index in [1.165, 1.54) is 53.2 Å². The standard InChI is InChI=1S/C50H63N5O13/c1-26-14-13-15-27(2)49(64)52-40-34(24-51-53-36(57)25-54-19-21-55(22-20-54)33-16-11-10-12-17-33)44(61)37-38(45(40)62)43(60)31(6)47-39(37)48(63)50(8,68-47)66-23-18-35(65-9)28(3)46(67-32(7)56)30(5)42(59)29(4)41(26)58/h10-18,23-24,26,28-30,35,41-42,46,58-62H,19-22,25H2,1-9H3,(H,52,64)(H,53,57)/b14-13+,23-18+,27-15-,51-24+/t26-,28+,29+,30+,35-,41-,42+,46+,50-/m0/s1. The molecule has 7 N–H and O–H groups in total. The fraction of sp³-hybridized carbons (Fsp3) is 0.460. The van der Waals surface area contributed by atoms with Crippen LogP contribution in [0, 0.1) is 30.6 Å². The number of nitrogens with zero attached hydrogens (tertiary/aromatic N) is 3. The first-order valence-corrected chi connectivity index (χ1v) is 22.6. The number of aliphatic hydroxyl groups is 2. The van der Waals surface area contributed by atoms with Gasteiger partial charge < -0.3 is 54.7 Å². The lowest BCUT2D eigenvalue weighted by atomic mass is 9.78. The number of phenols is 3. The van der Waals surface area contributed by atoms with Crippen LogP contribution >= 0.6 is 0 Å². The molecule has 9 atom stereocenters. The number of aromatic hydroxyl groups is 3. The molecule has 0 aromatic heterocycles. The molecule has 5 bridgehead atoms. The average molecular weight is 942 g/mol. The van der Waals surface area contributed by atoms with E-state index < -0.39 is 106 Å². The molecule has 366 valence electrons. The fourth-order valence-corrected chi connectivity index (χ4v) is 9.08. The Morgan fingerprint density at radius 3 is 2.25 bits per heavy atom. The van der Waals surface area contributed by atoms with Crippen molar-refractivity contribution in [2.24, 2.45) is 28.8 Å². The van der Waals surface area contributed by atoms with Crippen molar-refractivity contribution in [3.63, 3.8) is 0 Å². The molecule has 0 unspecified atom stereocenters. The van der Waals surface area contributed by atoms with E-state index in [0.717, 1.165) is 11.9 Å². The second kappa shape index (κ2) is 21.2. The zero-order valence-corrected chi connectivity index (χ0v) is 39.8. The molecule has 4 heterocycles. The molecule has 4 aliphatic rings. The van der Waals surface area contributed by atoms with Crippen LogP contribution in [0.2, 0.25) is 0 Å². The van der Waals surface area contributed by atoms with Gasteiger partial charge in [-0.15, -0.1) is 0 Å². The molecule has 7 rings (SSSR count). The van der Waals surface area contributed by atoms with Gasteiger partial charge >= 0.3 is 11.8 Å². The summed E-state index contributed by atoms with van der Waals surface area (Å²) in [4.78, 5) is 58.2. The van der Waals surface area contributed by atoms with Gasteiger partial charge in [-0.1, -0.05) is 64.1 Å². The number of benzene rings is 3. The molecule has 68 heavy (non-hydrogen) atoms. The molecule has 2 amide bonds. The van der Waals surface area contributed by atoms with E-state index in [0.29, 0.717) is 26.2 Å². The Morgan fingerprint density at radius 2 is 1.60 bits per heavy atom. The van der Waals surface area contributed by atoms with Crippen LogP contribution in [0.25, 0.3) is 10.8 Å². The Morgan fingerprint density at radius 1 is 0.926 bits per heavy atom. The van der Waals surface area contributed by atoms with Crippen molar-refractivity contribution >= 4 is 51.9 Å². The summed E-state index contributed by atoms with van der Waals surface area (Å²) in [6.07, 6.45) is 4.27. The molecule has 18 nitrogen and oxygen atoms in total. The fourth-order valence-electron chi connectivity index (χ4n) is 9.08. The maximum atomic E-state index is 14.5. The second-order valence-electron chi connectivity index (χ2n) is 18.0. The van der Waals surface area contributed by atoms with E-state index in [2.05, 4.69) is 20.7 Å². The monoisotopic (exact) mass is 941 g/mol. The van der Waals surface area contributed by atoms with E-state index in [9.17, 15) is 44.7 Å². The summed E-state index contributed by atoms with van der Waals surface area (Å²) in [5, 5.41) is 64.7. The highest BCUT2D eigenvalue weighted by molar-refractivity contribution is 6.24. The number of Topliss-reactive ketones (excluding diaryl/α,β-unsaturated/α-hetero) is 1. The van der Waals surface area contributed by atoms with Gasteiger partial charge in [0.1, 0.15) is 23.4 Å². The van der Waals surface area contributed by atoms with E-state index in [-0.39, 0.29) is 39.9 Å². The number of aliphatic hydroxyl groups excluding tert-OH is 2. The van der Waals surface area contributed by atoms with E-state index in [4.69, 9.17) is 18.9 Å². The third-order valence-corrected chi connectivity index (χ3v) is 13.3. The van der Waals surface area contributed by atoms with Crippen LogP contribution < -0.4 is 20.4 Å². The molecule has 0 aliphatic carbocycles. The van der Waals surface area contributed by atoms with Gasteiger partial charge in [-0.3, -0.25) is 24.1 Å². The maximum absolute atomic E-state index is 14.5. The molecule has 4 aliphatic heterocycles. The summed E-state index contributed by atoms with van der Waals surface area (Å²) in [6.45, 7) is 14.9. The maximum Gasteiger partial charge on any atom is 0.312 e. The number of ketones is 1. The van der Waals surface area contributed by atoms with Gasteiger partial charge in [0.15, 0.2) is 5.75 Å². The quantitative estimate of drug-likeness (QED) is 0.0540. The Bertz CT molecular complexity index is 2520. The van der Waals surface area contributed by atoms with Crippen LogP contribution in [0.5, 0.6) is 23.0 Å². The van der Waals surface area contributed by atoms with Crippen LogP contribution in [0.15, 0.2) is 71.6 Å². The topological polar surface area (TPSA) is 249 Å². The lowest BCUT2D eigenvalue weighted by molar-refractivity contribution is -0.160. The highest BCUT2D eigenvalue weighted by atomic mass is 16.7. The largest absolute Gasteiger partial charge is 0.507 e. The summed E-state index contributed by atoms with van der Waals surface area (Å²) in [5.41, 5.74) is 2.64. The predicted octanol–water partition coefficient (Wildman–Crippen LogP) is 5.03. The third-order valence-electron chi connectivity index (χ3n) is 13.3. The number of fused-ring (bicyclic) bond motifs is 14. The second-order valence-corrected chi connectivity index (χ2v) is 18.0. The van der Waals surface area contributed by atoms with Crippen molar-refractivity contribution in [1.82, 2.24) is 10.3 Å². The van der Waals surface area contributed by atoms with Crippen LogP contribution in [0.1, 0.15) is 70.0 Å². The number of phenolic OH excluding ortho intramolecular Hbond substituents is 3.